The van der Waals surface area contributed by atoms with E-state index in [2.05, 4.69) is 19.9 Å². The number of hydrogen-bond acceptors (Lipinski definition) is 8. The summed E-state index contributed by atoms with van der Waals surface area (Å²) in [6.45, 7) is 2.71. The Bertz CT molecular complexity index is 1070. The average molecular weight is 572 g/mol. The highest BCUT2D eigenvalue weighted by molar-refractivity contribution is 5.73. The fourth-order valence-corrected chi connectivity index (χ4v) is 3.82. The Morgan fingerprint density at radius 2 is 1.59 bits per heavy atom. The van der Waals surface area contributed by atoms with Gasteiger partial charge in [0.05, 0.1) is 12.7 Å². The third-order valence-corrected chi connectivity index (χ3v) is 5.53. The van der Waals surface area contributed by atoms with Gasteiger partial charge in [-0.25, -0.2) is 28.9 Å². The Morgan fingerprint density at radius 3 is 2.13 bits per heavy atom. The second kappa shape index (κ2) is 13.3. The number of halogens is 7. The summed E-state index contributed by atoms with van der Waals surface area (Å²) in [6, 6.07) is 4.73. The Balaban J connectivity index is 0.000000317. The molecule has 2 atom stereocenters. The van der Waals surface area contributed by atoms with Crippen LogP contribution in [0.3, 0.4) is 0 Å². The lowest BCUT2D eigenvalue weighted by atomic mass is 9.73. The molecule has 2 N–H and O–H groups in total. The molecular weight excluding hydrogens is 549 g/mol. The second-order valence-corrected chi connectivity index (χ2v) is 8.27. The normalized spacial score (nSPS) is 20.8. The summed E-state index contributed by atoms with van der Waals surface area (Å²) in [5, 5.41) is 14.2. The number of carbonyl (C=O) groups is 2. The quantitative estimate of drug-likeness (QED) is 0.522. The van der Waals surface area contributed by atoms with E-state index in [0.29, 0.717) is 6.61 Å². The summed E-state index contributed by atoms with van der Waals surface area (Å²) in [7, 11) is 0. The molecule has 2 saturated heterocycles. The summed E-state index contributed by atoms with van der Waals surface area (Å²) in [5.74, 6) is -5.18. The Labute approximate surface area is 216 Å². The van der Waals surface area contributed by atoms with Crippen LogP contribution in [0.1, 0.15) is 19.3 Å². The minimum absolute atomic E-state index is 0.0503. The minimum Gasteiger partial charge on any atom is -0.475 e. The number of hydrogen-bond donors (Lipinski definition) is 2. The molecule has 0 spiro atoms. The molecule has 2 fully saturated rings. The Hall–Kier alpha value is -3.76. The molecule has 4 heterocycles. The number of rotatable bonds is 4. The number of piperidine rings is 1. The van der Waals surface area contributed by atoms with Crippen LogP contribution in [0.5, 0.6) is 5.88 Å². The number of nitrogens with zero attached hydrogens (tertiary/aromatic N) is 4. The van der Waals surface area contributed by atoms with Crippen LogP contribution in [0.4, 0.5) is 36.7 Å². The first-order chi connectivity index (χ1) is 18.2. The zero-order valence-electron chi connectivity index (χ0n) is 20.0. The molecule has 2 aliphatic rings. The molecule has 10 nitrogen and oxygen atoms in total. The molecule has 2 aromatic rings. The SMILES string of the molecule is Fc1cccnc1OCC12CCCOC1CCN(c1ncccn1)C2.O=C(O)C(F)(F)F.O=C(O)C(F)(F)F. The first-order valence-corrected chi connectivity index (χ1v) is 11.1. The van der Waals surface area contributed by atoms with E-state index in [4.69, 9.17) is 29.3 Å². The molecule has 17 heteroatoms. The molecule has 216 valence electrons. The lowest BCUT2D eigenvalue weighted by Gasteiger charge is -2.50. The van der Waals surface area contributed by atoms with Crippen LogP contribution in [0, 0.1) is 11.2 Å². The van der Waals surface area contributed by atoms with Gasteiger partial charge in [0.25, 0.3) is 0 Å². The Morgan fingerprint density at radius 1 is 1.03 bits per heavy atom. The van der Waals surface area contributed by atoms with Crippen molar-refractivity contribution in [2.75, 3.05) is 31.2 Å². The van der Waals surface area contributed by atoms with Crippen LogP contribution in [-0.4, -0.2) is 81.9 Å². The van der Waals surface area contributed by atoms with Crippen LogP contribution in [0.15, 0.2) is 36.8 Å². The molecule has 0 aliphatic carbocycles. The van der Waals surface area contributed by atoms with E-state index < -0.39 is 30.1 Å². The van der Waals surface area contributed by atoms with E-state index in [0.717, 1.165) is 44.9 Å². The van der Waals surface area contributed by atoms with Crippen molar-refractivity contribution >= 4 is 17.9 Å². The molecule has 0 saturated carbocycles. The van der Waals surface area contributed by atoms with E-state index in [1.54, 1.807) is 18.5 Å². The monoisotopic (exact) mass is 572 g/mol. The van der Waals surface area contributed by atoms with Crippen LogP contribution >= 0.6 is 0 Å². The van der Waals surface area contributed by atoms with Gasteiger partial charge in [0, 0.05) is 43.7 Å². The molecule has 0 aromatic carbocycles. The fourth-order valence-electron chi connectivity index (χ4n) is 3.82. The van der Waals surface area contributed by atoms with Crippen molar-refractivity contribution in [1.29, 1.82) is 0 Å². The molecular formula is C22H23F7N4O6. The number of anilines is 1. The number of aromatic nitrogens is 3. The van der Waals surface area contributed by atoms with E-state index in [9.17, 15) is 30.7 Å². The van der Waals surface area contributed by atoms with Crippen LogP contribution in [0.2, 0.25) is 0 Å². The molecule has 2 aliphatic heterocycles. The second-order valence-electron chi connectivity index (χ2n) is 8.27. The van der Waals surface area contributed by atoms with E-state index in [1.807, 2.05) is 6.07 Å². The highest BCUT2D eigenvalue weighted by atomic mass is 19.4. The third-order valence-electron chi connectivity index (χ3n) is 5.53. The molecule has 4 rings (SSSR count). The zero-order valence-corrected chi connectivity index (χ0v) is 20.0. The molecule has 0 radical (unpaired) electrons. The predicted molar refractivity (Wildman–Crippen MR) is 117 cm³/mol. The van der Waals surface area contributed by atoms with Gasteiger partial charge in [-0.05, 0) is 37.5 Å². The van der Waals surface area contributed by atoms with Gasteiger partial charge in [-0.1, -0.05) is 0 Å². The molecule has 2 aromatic heterocycles. The highest BCUT2D eigenvalue weighted by Gasteiger charge is 2.47. The maximum atomic E-state index is 13.9. The summed E-state index contributed by atoms with van der Waals surface area (Å²) in [6.07, 6.45) is -2.21. The van der Waals surface area contributed by atoms with Crippen LogP contribution < -0.4 is 9.64 Å². The van der Waals surface area contributed by atoms with Gasteiger partial charge in [-0.3, -0.25) is 0 Å². The number of alkyl halides is 6. The number of pyridine rings is 1. The maximum absolute atomic E-state index is 13.9. The van der Waals surface area contributed by atoms with Crippen LogP contribution in [-0.2, 0) is 14.3 Å². The zero-order chi connectivity index (χ0) is 29.3. The first kappa shape index (κ1) is 31.5. The maximum Gasteiger partial charge on any atom is 0.490 e. The molecule has 0 amide bonds. The topological polar surface area (TPSA) is 135 Å². The highest BCUT2D eigenvalue weighted by Crippen LogP contribution is 2.41. The van der Waals surface area contributed by atoms with Gasteiger partial charge in [-0.15, -0.1) is 0 Å². The number of ether oxygens (including phenoxy) is 2. The van der Waals surface area contributed by atoms with Crippen molar-refractivity contribution in [2.45, 2.75) is 37.7 Å². The number of carboxylic acid groups (broad SMARTS) is 2. The summed E-state index contributed by atoms with van der Waals surface area (Å²) < 4.78 is 89.1. The van der Waals surface area contributed by atoms with Gasteiger partial charge in [0.2, 0.25) is 11.8 Å². The number of carboxylic acids is 2. The Kier molecular flexibility index (Phi) is 10.8. The standard InChI is InChI=1S/C18H21FN4O2.2C2HF3O2/c19-14-4-1-7-20-16(14)25-13-18-6-2-11-24-15(18)5-10-23(12-18)17-21-8-3-9-22-17;2*3-2(4,5)1(6)7/h1,3-4,7-9,15H,2,5-6,10-13H2;2*(H,6,7). The smallest absolute Gasteiger partial charge is 0.475 e. The lowest BCUT2D eigenvalue weighted by molar-refractivity contribution is -0.193. The van der Waals surface area contributed by atoms with Gasteiger partial charge >= 0.3 is 24.3 Å². The van der Waals surface area contributed by atoms with Crippen molar-refractivity contribution in [3.8, 4) is 5.88 Å². The summed E-state index contributed by atoms with van der Waals surface area (Å²) >= 11 is 0. The van der Waals surface area contributed by atoms with Gasteiger partial charge in [0.15, 0.2) is 5.82 Å². The molecule has 2 unspecified atom stereocenters. The summed E-state index contributed by atoms with van der Waals surface area (Å²) in [5.41, 5.74) is -0.209. The fraction of sp³-hybridized carbons (Fsp3) is 0.500. The van der Waals surface area contributed by atoms with E-state index in [-0.39, 0.29) is 17.4 Å². The third kappa shape index (κ3) is 9.49. The van der Waals surface area contributed by atoms with E-state index in [1.165, 1.54) is 12.3 Å². The molecule has 0 bridgehead atoms. The predicted octanol–water partition coefficient (Wildman–Crippen LogP) is 3.73. The first-order valence-electron chi connectivity index (χ1n) is 11.1. The van der Waals surface area contributed by atoms with Crippen molar-refractivity contribution < 1.29 is 60.0 Å². The van der Waals surface area contributed by atoms with Gasteiger partial charge in [-0.2, -0.15) is 26.3 Å². The van der Waals surface area contributed by atoms with E-state index >= 15 is 0 Å². The number of aliphatic carboxylic acids is 2. The lowest BCUT2D eigenvalue weighted by Crippen LogP contribution is -2.57. The van der Waals surface area contributed by atoms with Crippen molar-refractivity contribution in [2.24, 2.45) is 5.41 Å². The van der Waals surface area contributed by atoms with Crippen molar-refractivity contribution in [3.05, 3.63) is 42.6 Å². The van der Waals surface area contributed by atoms with Crippen LogP contribution in [0.25, 0.3) is 0 Å². The summed E-state index contributed by atoms with van der Waals surface area (Å²) in [4.78, 5) is 32.7. The largest absolute Gasteiger partial charge is 0.490 e. The van der Waals surface area contributed by atoms with Crippen molar-refractivity contribution in [3.63, 3.8) is 0 Å². The number of fused-ring (bicyclic) bond motifs is 1. The van der Waals surface area contributed by atoms with Gasteiger partial charge in [0.1, 0.15) is 0 Å². The average Bonchev–Trinajstić information content (AvgIpc) is 2.88. The van der Waals surface area contributed by atoms with Crippen molar-refractivity contribution in [1.82, 2.24) is 15.0 Å². The molecule has 39 heavy (non-hydrogen) atoms. The van der Waals surface area contributed by atoms with Gasteiger partial charge < -0.3 is 24.6 Å². The minimum atomic E-state index is -5.08.